The molecule has 13 heteroatoms. The predicted molar refractivity (Wildman–Crippen MR) is 316 cm³/mol. The van der Waals surface area contributed by atoms with Crippen LogP contribution < -0.4 is 0 Å². The maximum Gasteiger partial charge on any atom is 0.305 e. The van der Waals surface area contributed by atoms with Gasteiger partial charge >= 0.3 is 5.97 Å². The van der Waals surface area contributed by atoms with E-state index in [2.05, 4.69) is 67.2 Å². The quantitative estimate of drug-likeness (QED) is 0.106. The fourth-order valence-corrected chi connectivity index (χ4v) is 21.5. The fourth-order valence-electron chi connectivity index (χ4n) is 21.5. The highest BCUT2D eigenvalue weighted by Gasteiger charge is 2.67. The van der Waals surface area contributed by atoms with Gasteiger partial charge in [0.2, 0.25) is 17.1 Å². The van der Waals surface area contributed by atoms with E-state index >= 15 is 0 Å². The summed E-state index contributed by atoms with van der Waals surface area (Å²) in [7, 11) is 1.41. The van der Waals surface area contributed by atoms with Crippen molar-refractivity contribution in [3.8, 4) is 18.4 Å². The molecule has 19 atom stereocenters. The second-order valence-corrected chi connectivity index (χ2v) is 29.5. The molecule has 13 nitrogen and oxygen atoms in total. The Bertz CT molecular complexity index is 3260. The number of hydrogen-bond donors (Lipinski definition) is 3. The summed E-state index contributed by atoms with van der Waals surface area (Å²) in [6, 6.07) is 1.93. The fraction of sp³-hybridized carbons (Fsp3) is 0.676. The van der Waals surface area contributed by atoms with Crippen LogP contribution in [0.2, 0.25) is 0 Å². The van der Waals surface area contributed by atoms with E-state index in [1.54, 1.807) is 12.2 Å². The molecule has 1 spiro atoms. The summed E-state index contributed by atoms with van der Waals surface area (Å²) in [5.74, 6) is 4.54. The smallest absolute Gasteiger partial charge is 0.305 e. The summed E-state index contributed by atoms with van der Waals surface area (Å²) in [5.41, 5.74) is -0.481. The average molecular weight is 1140 g/mol. The topological polar surface area (TPSA) is 192 Å². The Morgan fingerprint density at radius 2 is 1.42 bits per heavy atom. The summed E-state index contributed by atoms with van der Waals surface area (Å²) in [6.07, 6.45) is 30.9. The summed E-state index contributed by atoms with van der Waals surface area (Å²) in [5, 5.41) is 42.7. The standard InChI is InChI=1S/C26H37NO5.C24H31NO2.C21H18N2O2/c1-14(6-9-23(31)32-5)16-7-8-17-24-18(12-22(30)26(16,17)3)25(2)13-19(27-4)20(28)10-15(25)11-21(24)29;1-22-13-10-17-15(16(22)7-9-20(22)26)6-8-19-23(17,2)14-18(25-3)21(27)24(19)11-4-5-12-24;1-6-21-8-7-16-19(2,3)18(25)14(23-5)11-20(16,4)17(21)9-15(24)13(10-21)12-22/h13-18,21-22,24,29-30H,6-12H2,1-3,5H3;8,14-17,20,26H,4-7,9-13H2,1-2H3;1,9-11,16H,7-8H2,2-4H3/t14-,15+,16-,17+,18+,21-,22+,24+,25+,26-;15-,16-,17-,20-,22-,23+;/m10./s1. The van der Waals surface area contributed by atoms with Crippen molar-refractivity contribution < 1.29 is 44.0 Å². The number of terminal acetylenes is 1. The number of fused-ring (bicyclic) bond motifs is 14. The zero-order valence-electron chi connectivity index (χ0n) is 50.9. The minimum atomic E-state index is -0.815. The lowest BCUT2D eigenvalue weighted by molar-refractivity contribution is -0.186. The number of esters is 1. The van der Waals surface area contributed by atoms with E-state index < -0.39 is 28.5 Å². The van der Waals surface area contributed by atoms with Gasteiger partial charge in [0.25, 0.3) is 0 Å². The SMILES string of the molecule is [C-]#[N+]C1=CC2(C)C3=CC(=O)C(C#N)=CC3(C#C)CCC2C(C)(C)C1=O.[C-]#[N+]C1=C[C@@]2(C)C(=CC[C@H]3[C@@H]4CC[C@H](O)[C@@]4(C)CC[C@@H]32)C2(CCCC2)C1=O.[C-]#[N+]C1=C[C@@]2(C)[C@@H](CC1=O)C[C@@H](O)[C@@H]1[C@@H]2C[C@H](O)[C@]2(C)[C@@H]([C@H](C)CCC(=O)OC)CC[C@@H]12. The number of methoxy groups -OCH3 is 1. The number of ketones is 4. The van der Waals surface area contributed by atoms with Crippen molar-refractivity contribution in [3.05, 3.63) is 105 Å². The number of carbonyl (C=O) groups excluding carboxylic acids is 5. The Kier molecular flexibility index (Phi) is 15.6. The summed E-state index contributed by atoms with van der Waals surface area (Å²) < 4.78 is 4.82. The van der Waals surface area contributed by atoms with E-state index in [0.29, 0.717) is 62.0 Å². The molecule has 0 aliphatic heterocycles. The lowest BCUT2D eigenvalue weighted by Gasteiger charge is -2.62. The number of nitriles is 1. The lowest BCUT2D eigenvalue weighted by Crippen LogP contribution is -2.61. The van der Waals surface area contributed by atoms with Crippen LogP contribution in [-0.2, 0) is 28.7 Å². The molecule has 3 N–H and O–H groups in total. The third-order valence-electron chi connectivity index (χ3n) is 25.9. The zero-order chi connectivity index (χ0) is 61.1. The highest BCUT2D eigenvalue weighted by Crippen LogP contribution is 2.71. The highest BCUT2D eigenvalue weighted by molar-refractivity contribution is 6.10. The maximum absolute atomic E-state index is 13.3. The van der Waals surface area contributed by atoms with E-state index in [9.17, 15) is 44.6 Å². The number of rotatable bonds is 4. The first-order chi connectivity index (χ1) is 39.6. The second kappa shape index (κ2) is 21.4. The largest absolute Gasteiger partial charge is 0.469 e. The third-order valence-corrected chi connectivity index (χ3v) is 25.9. The predicted octanol–water partition coefficient (Wildman–Crippen LogP) is 12.2. The zero-order valence-corrected chi connectivity index (χ0v) is 50.9. The third kappa shape index (κ3) is 8.83. The van der Waals surface area contributed by atoms with Crippen molar-refractivity contribution in [1.29, 1.82) is 5.26 Å². The first-order valence-electron chi connectivity index (χ1n) is 31.2. The molecule has 7 saturated carbocycles. The summed E-state index contributed by atoms with van der Waals surface area (Å²) >= 11 is 0. The number of nitrogens with zero attached hydrogens (tertiary/aromatic N) is 4. The van der Waals surface area contributed by atoms with Crippen molar-refractivity contribution in [2.45, 2.75) is 189 Å². The summed E-state index contributed by atoms with van der Waals surface area (Å²) in [4.78, 5) is 73.0. The molecule has 0 aromatic rings. The van der Waals surface area contributed by atoms with Gasteiger partial charge in [0.15, 0.2) is 23.1 Å². The van der Waals surface area contributed by atoms with Crippen LogP contribution in [0.1, 0.15) is 171 Å². The van der Waals surface area contributed by atoms with Crippen molar-refractivity contribution in [1.82, 2.24) is 0 Å². The molecular formula is C71H86N4O9. The Morgan fingerprint density at radius 1 is 0.762 bits per heavy atom. The minimum Gasteiger partial charge on any atom is -0.469 e. The summed E-state index contributed by atoms with van der Waals surface area (Å²) in [6.45, 7) is 39.3. The first kappa shape index (κ1) is 61.1. The van der Waals surface area contributed by atoms with Crippen LogP contribution in [0.3, 0.4) is 0 Å². The molecule has 0 aromatic heterocycles. The molecule has 12 aliphatic carbocycles. The molecule has 444 valence electrons. The van der Waals surface area contributed by atoms with Crippen LogP contribution in [0.5, 0.6) is 0 Å². The van der Waals surface area contributed by atoms with Crippen molar-refractivity contribution in [2.75, 3.05) is 7.11 Å². The van der Waals surface area contributed by atoms with Gasteiger partial charge in [-0.25, -0.2) is 14.5 Å². The normalized spacial score (nSPS) is 43.5. The molecule has 12 rings (SSSR count). The van der Waals surface area contributed by atoms with E-state index in [0.717, 1.165) is 82.6 Å². The number of allylic oxidation sites excluding steroid dienone is 12. The van der Waals surface area contributed by atoms with Gasteiger partial charge in [0, 0.05) is 34.5 Å². The monoisotopic (exact) mass is 1140 g/mol. The van der Waals surface area contributed by atoms with E-state index in [1.807, 2.05) is 32.9 Å². The number of ether oxygens (including phenoxy) is 1. The Balaban J connectivity index is 0.000000142. The molecule has 0 radical (unpaired) electrons. The first-order valence-corrected chi connectivity index (χ1v) is 31.2. The molecule has 3 unspecified atom stereocenters. The van der Waals surface area contributed by atoms with Crippen LogP contribution in [0.25, 0.3) is 14.5 Å². The number of carbonyl (C=O) groups is 5. The number of hydrogen-bond acceptors (Lipinski definition) is 10. The van der Waals surface area contributed by atoms with Crippen LogP contribution in [-0.4, -0.2) is 69.8 Å². The lowest BCUT2D eigenvalue weighted by atomic mass is 9.44. The molecule has 0 aromatic carbocycles. The Morgan fingerprint density at radius 3 is 2.06 bits per heavy atom. The van der Waals surface area contributed by atoms with Crippen LogP contribution in [0.4, 0.5) is 0 Å². The van der Waals surface area contributed by atoms with Gasteiger partial charge in [-0.1, -0.05) is 104 Å². The molecule has 0 saturated heterocycles. The maximum atomic E-state index is 13.3. The van der Waals surface area contributed by atoms with Gasteiger partial charge in [0.1, 0.15) is 6.07 Å². The van der Waals surface area contributed by atoms with E-state index in [-0.39, 0.29) is 121 Å². The van der Waals surface area contributed by atoms with Gasteiger partial charge < -0.3 is 34.4 Å². The van der Waals surface area contributed by atoms with Gasteiger partial charge in [-0.2, -0.15) is 5.26 Å². The molecule has 0 amide bonds. The van der Waals surface area contributed by atoms with Crippen LogP contribution >= 0.6 is 0 Å². The Hall–Kier alpha value is -6.01. The van der Waals surface area contributed by atoms with E-state index in [1.165, 1.54) is 18.8 Å². The molecule has 0 heterocycles. The average Bonchev–Trinajstić information content (AvgIpc) is 1.14. The van der Waals surface area contributed by atoms with Crippen molar-refractivity contribution in [3.63, 3.8) is 0 Å². The molecule has 7 fully saturated rings. The molecule has 12 aliphatic rings. The van der Waals surface area contributed by atoms with Gasteiger partial charge in [-0.05, 0) is 183 Å². The van der Waals surface area contributed by atoms with Crippen LogP contribution in [0.15, 0.2) is 70.3 Å². The molecule has 0 bridgehead atoms. The van der Waals surface area contributed by atoms with Crippen molar-refractivity contribution >= 4 is 29.1 Å². The highest BCUT2D eigenvalue weighted by atomic mass is 16.5. The van der Waals surface area contributed by atoms with Gasteiger partial charge in [-0.3, -0.25) is 9.59 Å². The van der Waals surface area contributed by atoms with Crippen LogP contribution in [0, 0.1) is 146 Å². The number of aliphatic hydroxyl groups excluding tert-OH is 3. The molecule has 84 heavy (non-hydrogen) atoms. The molecular weight excluding hydrogens is 1050 g/mol. The van der Waals surface area contributed by atoms with E-state index in [4.69, 9.17) is 30.9 Å². The van der Waals surface area contributed by atoms with Crippen molar-refractivity contribution in [2.24, 2.45) is 102 Å². The number of Topliss-reactive ketones (excluding diaryl/α,β-unsaturated/α-hetero) is 3. The minimum absolute atomic E-state index is 0.0180. The Labute approximate surface area is 498 Å². The number of aliphatic hydroxyl groups is 3. The van der Waals surface area contributed by atoms with Gasteiger partial charge in [-0.15, -0.1) is 6.42 Å². The second-order valence-electron chi connectivity index (χ2n) is 29.5. The van der Waals surface area contributed by atoms with Gasteiger partial charge in [0.05, 0.1) is 56.1 Å².